The molecular formula is C25H22NSi. The average Bonchev–Trinajstić information content (AvgIpc) is 2.72. The van der Waals surface area contributed by atoms with Crippen LogP contribution >= 0.6 is 0 Å². The van der Waals surface area contributed by atoms with Gasteiger partial charge < -0.3 is 5.73 Å². The van der Waals surface area contributed by atoms with Crippen LogP contribution in [0.5, 0.6) is 0 Å². The first-order chi connectivity index (χ1) is 13.2. The highest BCUT2D eigenvalue weighted by molar-refractivity contribution is 6.95. The monoisotopic (exact) mass is 364 g/mol. The van der Waals surface area contributed by atoms with Gasteiger partial charge in [-0.1, -0.05) is 107 Å². The maximum atomic E-state index is 5.82. The second-order valence-electron chi connectivity index (χ2n) is 6.76. The van der Waals surface area contributed by atoms with Crippen LogP contribution in [-0.4, -0.2) is 8.80 Å². The fourth-order valence-corrected chi connectivity index (χ4v) is 6.16. The van der Waals surface area contributed by atoms with E-state index in [0.717, 1.165) is 5.69 Å². The molecule has 2 heteroatoms. The molecule has 131 valence electrons. The Labute approximate surface area is 162 Å². The van der Waals surface area contributed by atoms with E-state index in [0.29, 0.717) is 0 Å². The second kappa shape index (κ2) is 7.64. The van der Waals surface area contributed by atoms with Gasteiger partial charge in [0, 0.05) is 5.69 Å². The van der Waals surface area contributed by atoms with E-state index in [1.165, 1.54) is 32.3 Å². The number of nitrogens with two attached hydrogens (primary N) is 1. The minimum atomic E-state index is -1.03. The lowest BCUT2D eigenvalue weighted by atomic mass is 10.1. The number of benzene rings is 4. The lowest BCUT2D eigenvalue weighted by Crippen LogP contribution is -2.52. The minimum Gasteiger partial charge on any atom is -0.399 e. The first kappa shape index (κ1) is 17.3. The topological polar surface area (TPSA) is 26.0 Å². The van der Waals surface area contributed by atoms with Crippen molar-refractivity contribution in [1.29, 1.82) is 0 Å². The number of hydrogen-bond donors (Lipinski definition) is 1. The molecule has 0 spiro atoms. The van der Waals surface area contributed by atoms with Gasteiger partial charge in [-0.2, -0.15) is 0 Å². The summed E-state index contributed by atoms with van der Waals surface area (Å²) in [5, 5.41) is 4.27. The Morgan fingerprint density at radius 3 is 1.70 bits per heavy atom. The van der Waals surface area contributed by atoms with Gasteiger partial charge in [-0.3, -0.25) is 0 Å². The molecule has 0 aliphatic carbocycles. The fourth-order valence-electron chi connectivity index (χ4n) is 3.44. The third kappa shape index (κ3) is 3.71. The van der Waals surface area contributed by atoms with Crippen molar-refractivity contribution >= 4 is 30.0 Å². The molecule has 0 atom stereocenters. The van der Waals surface area contributed by atoms with Gasteiger partial charge in [0.05, 0.1) is 0 Å². The van der Waals surface area contributed by atoms with Crippen LogP contribution in [0.25, 0.3) is 11.1 Å². The predicted octanol–water partition coefficient (Wildman–Crippen LogP) is 3.76. The van der Waals surface area contributed by atoms with Gasteiger partial charge in [0.15, 0.2) is 8.80 Å². The largest absolute Gasteiger partial charge is 0.399 e. The van der Waals surface area contributed by atoms with Crippen molar-refractivity contribution in [2.24, 2.45) is 0 Å². The number of anilines is 1. The molecule has 0 saturated heterocycles. The summed E-state index contributed by atoms with van der Waals surface area (Å²) < 4.78 is 0. The molecule has 2 N–H and O–H groups in total. The van der Waals surface area contributed by atoms with E-state index in [4.69, 9.17) is 5.73 Å². The van der Waals surface area contributed by atoms with E-state index in [9.17, 15) is 0 Å². The summed E-state index contributed by atoms with van der Waals surface area (Å²) in [4.78, 5) is 0. The summed E-state index contributed by atoms with van der Waals surface area (Å²) >= 11 is 0. The summed E-state index contributed by atoms with van der Waals surface area (Å²) in [7, 11) is -1.03. The number of aryl methyl sites for hydroxylation is 1. The Balaban J connectivity index is 1.77. The van der Waals surface area contributed by atoms with E-state index in [-0.39, 0.29) is 0 Å². The summed E-state index contributed by atoms with van der Waals surface area (Å²) in [6.07, 6.45) is 0. The zero-order chi connectivity index (χ0) is 18.6. The van der Waals surface area contributed by atoms with Crippen LogP contribution in [0, 0.1) is 6.92 Å². The molecule has 0 unspecified atom stereocenters. The first-order valence-corrected chi connectivity index (χ1v) is 10.7. The molecule has 0 aliphatic heterocycles. The van der Waals surface area contributed by atoms with E-state index >= 15 is 0 Å². The first-order valence-electron chi connectivity index (χ1n) is 9.17. The van der Waals surface area contributed by atoms with Gasteiger partial charge in [0.2, 0.25) is 0 Å². The van der Waals surface area contributed by atoms with Gasteiger partial charge in [-0.05, 0) is 35.4 Å². The third-order valence-electron chi connectivity index (χ3n) is 4.89. The standard InChI is InChI=1S/C25H22NSi/c1-19-7-5-6-10-25(19)27(23-8-3-2-4-9-23)24-17-13-21(14-18-24)20-11-15-22(26)16-12-20/h2-18H,26H2,1H3. The number of hydrogen-bond acceptors (Lipinski definition) is 1. The minimum absolute atomic E-state index is 0.796. The Bertz CT molecular complexity index is 1020. The molecule has 0 saturated carbocycles. The SMILES string of the molecule is Cc1ccccc1[Si](c1ccccc1)c1ccc(-c2ccc(N)cc2)cc1. The quantitative estimate of drug-likeness (QED) is 0.333. The van der Waals surface area contributed by atoms with Gasteiger partial charge in [-0.15, -0.1) is 0 Å². The third-order valence-corrected chi connectivity index (χ3v) is 7.82. The summed E-state index contributed by atoms with van der Waals surface area (Å²) in [5.74, 6) is 0. The normalized spacial score (nSPS) is 10.9. The Hall–Kier alpha value is -3.10. The Kier molecular flexibility index (Phi) is 4.90. The van der Waals surface area contributed by atoms with Crippen LogP contribution in [0.3, 0.4) is 0 Å². The van der Waals surface area contributed by atoms with Gasteiger partial charge in [0.1, 0.15) is 0 Å². The van der Waals surface area contributed by atoms with Crippen molar-refractivity contribution in [3.8, 4) is 11.1 Å². The molecule has 4 aromatic rings. The number of nitrogen functional groups attached to an aromatic ring is 1. The molecule has 0 aromatic heterocycles. The Morgan fingerprint density at radius 1 is 0.556 bits per heavy atom. The van der Waals surface area contributed by atoms with Crippen molar-refractivity contribution in [3.63, 3.8) is 0 Å². The van der Waals surface area contributed by atoms with E-state index < -0.39 is 8.80 Å². The highest BCUT2D eigenvalue weighted by Crippen LogP contribution is 2.19. The van der Waals surface area contributed by atoms with E-state index in [1.54, 1.807) is 0 Å². The summed E-state index contributed by atoms with van der Waals surface area (Å²) in [5.41, 5.74) is 10.4. The molecule has 0 aliphatic rings. The van der Waals surface area contributed by atoms with Crippen LogP contribution in [0.4, 0.5) is 5.69 Å². The summed E-state index contributed by atoms with van der Waals surface area (Å²) in [6.45, 7) is 2.21. The smallest absolute Gasteiger partial charge is 0.154 e. The maximum Gasteiger partial charge on any atom is 0.154 e. The molecule has 4 rings (SSSR count). The lowest BCUT2D eigenvalue weighted by molar-refractivity contribution is 1.51. The molecule has 0 fully saturated rings. The zero-order valence-corrected chi connectivity index (χ0v) is 16.4. The van der Waals surface area contributed by atoms with Gasteiger partial charge in [-0.25, -0.2) is 0 Å². The van der Waals surface area contributed by atoms with Crippen molar-refractivity contribution in [3.05, 3.63) is 109 Å². The van der Waals surface area contributed by atoms with E-state index in [2.05, 4.69) is 97.9 Å². The molecule has 1 radical (unpaired) electrons. The van der Waals surface area contributed by atoms with Crippen LogP contribution in [0.2, 0.25) is 0 Å². The highest BCUT2D eigenvalue weighted by atomic mass is 28.3. The lowest BCUT2D eigenvalue weighted by Gasteiger charge is -2.19. The molecule has 1 nitrogen and oxygen atoms in total. The van der Waals surface area contributed by atoms with Crippen molar-refractivity contribution < 1.29 is 0 Å². The van der Waals surface area contributed by atoms with E-state index in [1.807, 2.05) is 12.1 Å². The van der Waals surface area contributed by atoms with Crippen molar-refractivity contribution in [2.45, 2.75) is 6.92 Å². The van der Waals surface area contributed by atoms with Gasteiger partial charge >= 0.3 is 0 Å². The average molecular weight is 365 g/mol. The molecule has 27 heavy (non-hydrogen) atoms. The molecule has 0 heterocycles. The summed E-state index contributed by atoms with van der Waals surface area (Å²) in [6, 6.07) is 36.8. The second-order valence-corrected chi connectivity index (χ2v) is 9.20. The highest BCUT2D eigenvalue weighted by Gasteiger charge is 2.20. The van der Waals surface area contributed by atoms with Crippen molar-refractivity contribution in [1.82, 2.24) is 0 Å². The fraction of sp³-hybridized carbons (Fsp3) is 0.0400. The maximum absolute atomic E-state index is 5.82. The van der Waals surface area contributed by atoms with Crippen LogP contribution in [-0.2, 0) is 0 Å². The predicted molar refractivity (Wildman–Crippen MR) is 119 cm³/mol. The van der Waals surface area contributed by atoms with Crippen LogP contribution in [0.15, 0.2) is 103 Å². The molecular weight excluding hydrogens is 342 g/mol. The van der Waals surface area contributed by atoms with Crippen LogP contribution in [0.1, 0.15) is 5.56 Å². The zero-order valence-electron chi connectivity index (χ0n) is 15.4. The van der Waals surface area contributed by atoms with Gasteiger partial charge in [0.25, 0.3) is 0 Å². The Morgan fingerprint density at radius 2 is 1.07 bits per heavy atom. The van der Waals surface area contributed by atoms with Crippen LogP contribution < -0.4 is 21.3 Å². The molecule has 0 amide bonds. The molecule has 4 aromatic carbocycles. The number of rotatable bonds is 4. The van der Waals surface area contributed by atoms with Crippen molar-refractivity contribution in [2.75, 3.05) is 5.73 Å². The molecule has 0 bridgehead atoms.